The van der Waals surface area contributed by atoms with Gasteiger partial charge in [-0.25, -0.2) is 0 Å². The maximum absolute atomic E-state index is 14.3. The number of hydroxylamine groups is 3. The van der Waals surface area contributed by atoms with E-state index in [-0.39, 0.29) is 22.4 Å². The molecule has 2 saturated carbocycles. The zero-order valence-corrected chi connectivity index (χ0v) is 17.5. The summed E-state index contributed by atoms with van der Waals surface area (Å²) in [7, 11) is 0. The average Bonchev–Trinajstić information content (AvgIpc) is 3.42. The molecule has 1 aliphatic heterocycles. The van der Waals surface area contributed by atoms with Crippen molar-refractivity contribution in [2.45, 2.75) is 82.1 Å². The number of phenols is 1. The minimum atomic E-state index is -0.654. The highest BCUT2D eigenvalue weighted by atomic mass is 16.6. The fourth-order valence-electron chi connectivity index (χ4n) is 6.24. The van der Waals surface area contributed by atoms with Crippen LogP contribution in [0.25, 0.3) is 0 Å². The zero-order valence-electron chi connectivity index (χ0n) is 17.5. The van der Waals surface area contributed by atoms with Crippen LogP contribution < -0.4 is 4.74 Å². The first kappa shape index (κ1) is 19.6. The molecule has 0 amide bonds. The Labute approximate surface area is 172 Å². The van der Waals surface area contributed by atoms with Crippen molar-refractivity contribution in [3.8, 4) is 11.5 Å². The molecule has 0 saturated heterocycles. The van der Waals surface area contributed by atoms with Crippen molar-refractivity contribution in [1.82, 2.24) is 0 Å². The van der Waals surface area contributed by atoms with Gasteiger partial charge in [0, 0.05) is 24.5 Å². The van der Waals surface area contributed by atoms with Gasteiger partial charge in [0.25, 0.3) is 0 Å². The third-order valence-electron chi connectivity index (χ3n) is 7.82. The average molecular weight is 404 g/mol. The van der Waals surface area contributed by atoms with Gasteiger partial charge in [0.2, 0.25) is 0 Å². The maximum Gasteiger partial charge on any atom is 0.165 e. The van der Waals surface area contributed by atoms with Crippen LogP contribution in [0.15, 0.2) is 12.1 Å². The van der Waals surface area contributed by atoms with E-state index in [9.17, 15) is 15.4 Å². The van der Waals surface area contributed by atoms with Gasteiger partial charge >= 0.3 is 0 Å². The normalized spacial score (nSPS) is 37.0. The minimum absolute atomic E-state index is 0.115. The van der Waals surface area contributed by atoms with Crippen molar-refractivity contribution >= 4 is 0 Å². The molecule has 4 aliphatic rings. The molecule has 1 aromatic carbocycles. The Kier molecular flexibility index (Phi) is 4.63. The topological polar surface area (TPSA) is 82.0 Å². The Bertz CT molecular complexity index is 792. The monoisotopic (exact) mass is 403 g/mol. The lowest BCUT2D eigenvalue weighted by Crippen LogP contribution is -2.70. The zero-order chi connectivity index (χ0) is 20.4. The predicted molar refractivity (Wildman–Crippen MR) is 109 cm³/mol. The summed E-state index contributed by atoms with van der Waals surface area (Å²) in [6.07, 6.45) is 3.96. The van der Waals surface area contributed by atoms with Crippen LogP contribution >= 0.6 is 0 Å². The molecule has 2 fully saturated rings. The van der Waals surface area contributed by atoms with Crippen molar-refractivity contribution in [3.05, 3.63) is 28.5 Å². The van der Waals surface area contributed by atoms with Crippen LogP contribution in [0.3, 0.4) is 0 Å². The number of aliphatic hydroxyl groups excluding tert-OH is 1. The van der Waals surface area contributed by atoms with Crippen LogP contribution in [0, 0.1) is 11.1 Å². The molecule has 0 spiro atoms. The Morgan fingerprint density at radius 1 is 1.28 bits per heavy atom. The first-order valence-corrected chi connectivity index (χ1v) is 11.3. The van der Waals surface area contributed by atoms with E-state index in [0.29, 0.717) is 50.6 Å². The Hall–Kier alpha value is -1.34. The Morgan fingerprint density at radius 3 is 2.76 bits per heavy atom. The van der Waals surface area contributed by atoms with Crippen molar-refractivity contribution in [3.63, 3.8) is 0 Å². The number of quaternary nitrogens is 1. The fraction of sp³-hybridized carbons (Fsp3) is 0.739. The molecule has 29 heavy (non-hydrogen) atoms. The summed E-state index contributed by atoms with van der Waals surface area (Å²) in [4.78, 5) is 0. The molecule has 1 aromatic rings. The van der Waals surface area contributed by atoms with Crippen LogP contribution in [-0.4, -0.2) is 58.4 Å². The number of aromatic hydroxyl groups is 1. The quantitative estimate of drug-likeness (QED) is 0.540. The van der Waals surface area contributed by atoms with Gasteiger partial charge in [0.1, 0.15) is 17.7 Å². The lowest BCUT2D eigenvalue weighted by Gasteiger charge is -2.60. The van der Waals surface area contributed by atoms with Gasteiger partial charge in [-0.05, 0) is 50.7 Å². The van der Waals surface area contributed by atoms with Crippen molar-refractivity contribution in [2.24, 2.45) is 5.92 Å². The molecular weight excluding hydrogens is 370 g/mol. The number of ether oxygens (including phenoxy) is 2. The van der Waals surface area contributed by atoms with Crippen LogP contribution in [-0.2, 0) is 11.2 Å². The van der Waals surface area contributed by atoms with E-state index in [1.54, 1.807) is 6.07 Å². The van der Waals surface area contributed by atoms with Crippen LogP contribution in [0.4, 0.5) is 0 Å². The second-order valence-corrected chi connectivity index (χ2v) is 9.57. The number of phenolic OH excluding ortho intramolecular Hbond substituents is 1. The summed E-state index contributed by atoms with van der Waals surface area (Å²) in [6, 6.07) is 3.39. The van der Waals surface area contributed by atoms with Crippen LogP contribution in [0.5, 0.6) is 11.5 Å². The number of hydrogen-bond acceptors (Lipinski definition) is 5. The standard InChI is InChI=1S/C23H33NO5/c1-3-11-28-23-10-9-17(26)22-20(23)19-15(7-8-16(25)21(19)29-22)12-18(23)24(27,4-2)13-14-5-6-14/h7-8,14,17-18,20,22,25-26H,3-6,9-13H2,1-2H3/t17-,18-,20?,22+,23-,24?/m1/s1. The number of aliphatic hydroxyl groups is 1. The van der Waals surface area contributed by atoms with Gasteiger partial charge < -0.3 is 29.5 Å². The maximum atomic E-state index is 14.3. The van der Waals surface area contributed by atoms with Crippen molar-refractivity contribution < 1.29 is 24.3 Å². The molecule has 6 heteroatoms. The highest BCUT2D eigenvalue weighted by molar-refractivity contribution is 5.58. The number of likely N-dealkylation sites (N-methyl/N-ethyl adjacent to an activating group) is 1. The molecule has 2 N–H and O–H groups in total. The van der Waals surface area contributed by atoms with E-state index in [4.69, 9.17) is 9.47 Å². The largest absolute Gasteiger partial charge is 0.633 e. The summed E-state index contributed by atoms with van der Waals surface area (Å²) in [6.45, 7) is 5.86. The number of hydrogen-bond donors (Lipinski definition) is 2. The fourth-order valence-corrected chi connectivity index (χ4v) is 6.24. The molecule has 0 radical (unpaired) electrons. The Balaban J connectivity index is 1.67. The van der Waals surface area contributed by atoms with Crippen molar-refractivity contribution in [1.29, 1.82) is 0 Å². The Morgan fingerprint density at radius 2 is 2.07 bits per heavy atom. The van der Waals surface area contributed by atoms with E-state index in [2.05, 4.69) is 6.92 Å². The second kappa shape index (κ2) is 6.84. The van der Waals surface area contributed by atoms with E-state index in [1.165, 1.54) is 0 Å². The summed E-state index contributed by atoms with van der Waals surface area (Å²) < 4.78 is 12.6. The van der Waals surface area contributed by atoms with E-state index < -0.39 is 17.8 Å². The summed E-state index contributed by atoms with van der Waals surface area (Å²) in [5, 5.41) is 35.5. The van der Waals surface area contributed by atoms with E-state index in [1.807, 2.05) is 13.0 Å². The third-order valence-corrected chi connectivity index (χ3v) is 7.82. The number of rotatable bonds is 7. The predicted octanol–water partition coefficient (Wildman–Crippen LogP) is 3.23. The van der Waals surface area contributed by atoms with Gasteiger partial charge in [0.05, 0.1) is 25.1 Å². The first-order valence-electron chi connectivity index (χ1n) is 11.3. The summed E-state index contributed by atoms with van der Waals surface area (Å²) in [5.74, 6) is 0.928. The molecule has 5 rings (SSSR count). The molecule has 1 heterocycles. The molecular formula is C23H33NO5. The van der Waals surface area contributed by atoms with Gasteiger partial charge in [0.15, 0.2) is 11.5 Å². The molecule has 160 valence electrons. The van der Waals surface area contributed by atoms with Gasteiger partial charge in [-0.2, -0.15) is 0 Å². The lowest BCUT2D eigenvalue weighted by atomic mass is 9.60. The molecule has 6 atom stereocenters. The SMILES string of the molecule is CCCO[C@@]12CC[C@@H](O)[C@@H]3Oc4c(O)ccc(c4C31)C[C@H]2[N+]([O-])(CC)CC1CC1. The minimum Gasteiger partial charge on any atom is -0.633 e. The number of benzene rings is 1. The molecule has 2 unspecified atom stereocenters. The molecule has 0 bridgehead atoms. The van der Waals surface area contributed by atoms with E-state index >= 15 is 0 Å². The number of nitrogens with zero attached hydrogens (tertiary/aromatic N) is 1. The van der Waals surface area contributed by atoms with Crippen LogP contribution in [0.1, 0.15) is 63.0 Å². The summed E-state index contributed by atoms with van der Waals surface area (Å²) >= 11 is 0. The molecule has 3 aliphatic carbocycles. The van der Waals surface area contributed by atoms with Crippen LogP contribution in [0.2, 0.25) is 0 Å². The van der Waals surface area contributed by atoms with Gasteiger partial charge in [-0.3, -0.25) is 0 Å². The molecule has 6 nitrogen and oxygen atoms in total. The van der Waals surface area contributed by atoms with Gasteiger partial charge in [-0.15, -0.1) is 0 Å². The smallest absolute Gasteiger partial charge is 0.165 e. The highest BCUT2D eigenvalue weighted by Gasteiger charge is 2.66. The van der Waals surface area contributed by atoms with Gasteiger partial charge in [-0.1, -0.05) is 13.0 Å². The molecule has 0 aromatic heterocycles. The highest BCUT2D eigenvalue weighted by Crippen LogP contribution is 2.61. The summed E-state index contributed by atoms with van der Waals surface area (Å²) in [5.41, 5.74) is 1.39. The third kappa shape index (κ3) is 2.83. The first-order chi connectivity index (χ1) is 13.9. The van der Waals surface area contributed by atoms with E-state index in [0.717, 1.165) is 30.4 Å². The second-order valence-electron chi connectivity index (χ2n) is 9.57. The van der Waals surface area contributed by atoms with Crippen molar-refractivity contribution in [2.75, 3.05) is 19.7 Å². The lowest BCUT2D eigenvalue weighted by molar-refractivity contribution is -0.914.